The number of aryl methyl sites for hydroxylation is 1. The van der Waals surface area contributed by atoms with Gasteiger partial charge in [0.25, 0.3) is 0 Å². The average Bonchev–Trinajstić information content (AvgIpc) is 2.90. The highest BCUT2D eigenvalue weighted by molar-refractivity contribution is 6.02. The molecule has 0 bridgehead atoms. The molecule has 27 heavy (non-hydrogen) atoms. The highest BCUT2D eigenvalue weighted by atomic mass is 16.2. The molecule has 0 spiro atoms. The molecule has 2 amide bonds. The first-order valence-corrected chi connectivity index (χ1v) is 8.87. The van der Waals surface area contributed by atoms with Gasteiger partial charge in [0.2, 0.25) is 0 Å². The van der Waals surface area contributed by atoms with Crippen molar-refractivity contribution in [1.29, 1.82) is 0 Å². The molecule has 0 atom stereocenters. The molecule has 3 aromatic rings. The van der Waals surface area contributed by atoms with Crippen LogP contribution in [0.3, 0.4) is 0 Å². The average molecular weight is 360 g/mol. The predicted molar refractivity (Wildman–Crippen MR) is 106 cm³/mol. The second kappa shape index (κ2) is 7.41. The number of pyridine rings is 3. The smallest absolute Gasteiger partial charge is 0.328 e. The van der Waals surface area contributed by atoms with Crippen molar-refractivity contribution in [3.63, 3.8) is 0 Å². The lowest BCUT2D eigenvalue weighted by Crippen LogP contribution is -2.36. The van der Waals surface area contributed by atoms with Gasteiger partial charge >= 0.3 is 6.03 Å². The van der Waals surface area contributed by atoms with Gasteiger partial charge in [-0.1, -0.05) is 6.07 Å². The number of nitrogens with one attached hydrogen (secondary N) is 2. The minimum Gasteiger partial charge on any atom is -0.382 e. The number of carbonyl (C=O) groups is 1. The van der Waals surface area contributed by atoms with Crippen molar-refractivity contribution in [2.24, 2.45) is 0 Å². The zero-order valence-electron chi connectivity index (χ0n) is 15.0. The molecule has 0 saturated carbocycles. The number of aromatic nitrogens is 3. The van der Waals surface area contributed by atoms with Crippen molar-refractivity contribution in [3.8, 4) is 11.3 Å². The fourth-order valence-corrected chi connectivity index (χ4v) is 3.03. The second-order valence-electron chi connectivity index (χ2n) is 6.40. The van der Waals surface area contributed by atoms with Gasteiger partial charge in [0, 0.05) is 37.2 Å². The van der Waals surface area contributed by atoms with Gasteiger partial charge < -0.3 is 5.32 Å². The Bertz CT molecular complexity index is 960. The predicted octanol–water partition coefficient (Wildman–Crippen LogP) is 3.70. The summed E-state index contributed by atoms with van der Waals surface area (Å²) >= 11 is 0. The van der Waals surface area contributed by atoms with Crippen LogP contribution in [-0.4, -0.2) is 34.1 Å². The topological polar surface area (TPSA) is 83.0 Å². The molecule has 0 unspecified atom stereocenters. The zero-order valence-corrected chi connectivity index (χ0v) is 15.0. The Labute approximate surface area is 157 Å². The second-order valence-corrected chi connectivity index (χ2v) is 6.40. The maximum absolute atomic E-state index is 12.9. The first-order valence-electron chi connectivity index (χ1n) is 8.87. The maximum Gasteiger partial charge on any atom is 0.328 e. The Hall–Kier alpha value is -3.48. The van der Waals surface area contributed by atoms with Gasteiger partial charge in [0.05, 0.1) is 11.4 Å². The van der Waals surface area contributed by atoms with Gasteiger partial charge in [-0.3, -0.25) is 15.2 Å². The minimum atomic E-state index is -0.245. The van der Waals surface area contributed by atoms with Gasteiger partial charge in [0.15, 0.2) is 5.82 Å². The van der Waals surface area contributed by atoms with Crippen LogP contribution in [-0.2, 0) is 0 Å². The molecule has 0 fully saturated rings. The highest BCUT2D eigenvalue weighted by Crippen LogP contribution is 2.30. The van der Waals surface area contributed by atoms with Gasteiger partial charge in [-0.05, 0) is 49.2 Å². The van der Waals surface area contributed by atoms with Crippen LogP contribution in [0.25, 0.3) is 11.3 Å². The molecule has 0 saturated heterocycles. The van der Waals surface area contributed by atoms with Crippen LogP contribution in [0.4, 0.5) is 22.1 Å². The number of anilines is 3. The van der Waals surface area contributed by atoms with E-state index >= 15 is 0 Å². The monoisotopic (exact) mass is 360 g/mol. The number of amides is 2. The third kappa shape index (κ3) is 3.72. The summed E-state index contributed by atoms with van der Waals surface area (Å²) in [5.41, 5.74) is 3.61. The number of hydrogen-bond donors (Lipinski definition) is 2. The van der Waals surface area contributed by atoms with Crippen LogP contribution in [0.5, 0.6) is 0 Å². The lowest BCUT2D eigenvalue weighted by molar-refractivity contribution is 0.256. The van der Waals surface area contributed by atoms with E-state index in [1.807, 2.05) is 37.3 Å². The molecule has 0 aromatic carbocycles. The van der Waals surface area contributed by atoms with E-state index in [9.17, 15) is 4.79 Å². The van der Waals surface area contributed by atoms with E-state index in [0.29, 0.717) is 18.2 Å². The normalized spacial score (nSPS) is 13.3. The van der Waals surface area contributed by atoms with E-state index in [1.165, 1.54) is 0 Å². The largest absolute Gasteiger partial charge is 0.382 e. The summed E-state index contributed by atoms with van der Waals surface area (Å²) < 4.78 is 0. The lowest BCUT2D eigenvalue weighted by Gasteiger charge is -2.22. The van der Waals surface area contributed by atoms with Crippen molar-refractivity contribution >= 4 is 23.4 Å². The number of urea groups is 1. The third-order valence-corrected chi connectivity index (χ3v) is 4.32. The van der Waals surface area contributed by atoms with E-state index in [-0.39, 0.29) is 6.03 Å². The van der Waals surface area contributed by atoms with Gasteiger partial charge in [-0.2, -0.15) is 0 Å². The fraction of sp³-hybridized carbons (Fsp3) is 0.200. The van der Waals surface area contributed by atoms with Crippen molar-refractivity contribution < 1.29 is 4.79 Å². The van der Waals surface area contributed by atoms with E-state index in [2.05, 4.69) is 20.6 Å². The van der Waals surface area contributed by atoms with Crippen LogP contribution in [0.15, 0.2) is 55.0 Å². The molecule has 2 N–H and O–H groups in total. The summed E-state index contributed by atoms with van der Waals surface area (Å²) in [5, 5.41) is 6.19. The molecule has 4 heterocycles. The lowest BCUT2D eigenvalue weighted by atomic mass is 10.1. The van der Waals surface area contributed by atoms with Gasteiger partial charge in [-0.25, -0.2) is 14.8 Å². The van der Waals surface area contributed by atoms with Crippen molar-refractivity contribution in [2.45, 2.75) is 13.3 Å². The minimum absolute atomic E-state index is 0.245. The molecular weight excluding hydrogens is 340 g/mol. The Balaban J connectivity index is 1.69. The Morgan fingerprint density at radius 2 is 2.15 bits per heavy atom. The molecule has 7 nitrogen and oxygen atoms in total. The zero-order chi connectivity index (χ0) is 18.6. The fourth-order valence-electron chi connectivity index (χ4n) is 3.03. The summed E-state index contributed by atoms with van der Waals surface area (Å²) in [4.78, 5) is 27.7. The number of carbonyl (C=O) groups excluding carboxylic acids is 1. The molecule has 1 aliphatic rings. The highest BCUT2D eigenvalue weighted by Gasteiger charge is 2.23. The molecule has 1 aliphatic heterocycles. The Kier molecular flexibility index (Phi) is 4.65. The molecule has 0 radical (unpaired) electrons. The third-order valence-electron chi connectivity index (χ3n) is 4.32. The molecule has 136 valence electrons. The molecule has 7 heteroatoms. The van der Waals surface area contributed by atoms with Crippen LogP contribution in [0.2, 0.25) is 0 Å². The van der Waals surface area contributed by atoms with Crippen LogP contribution < -0.4 is 15.5 Å². The molecule has 4 rings (SSSR count). The number of fused-ring (bicyclic) bond motifs is 1. The summed E-state index contributed by atoms with van der Waals surface area (Å²) in [5.74, 6) is 1.13. The first kappa shape index (κ1) is 17.0. The first-order chi connectivity index (χ1) is 13.2. The maximum atomic E-state index is 12.9. The summed E-state index contributed by atoms with van der Waals surface area (Å²) in [7, 11) is 0. The van der Waals surface area contributed by atoms with Crippen LogP contribution >= 0.6 is 0 Å². The molecule has 0 aliphatic carbocycles. The number of hydrogen-bond acceptors (Lipinski definition) is 5. The molecular formula is C20H20N6O. The number of nitrogens with zero attached hydrogens (tertiary/aromatic N) is 4. The standard InChI is InChI=1S/C20H20N6O/c1-14-11-15(13-21-12-14)16-6-7-17-19(24-16)26(10-4-9-22-17)20(27)25-18-5-2-3-8-23-18/h2-3,5-8,11-13,22H,4,9-10H2,1H3,(H,23,25,27). The van der Waals surface area contributed by atoms with E-state index in [4.69, 9.17) is 4.98 Å². The van der Waals surface area contributed by atoms with Gasteiger partial charge in [0.1, 0.15) is 5.82 Å². The van der Waals surface area contributed by atoms with Gasteiger partial charge in [-0.15, -0.1) is 0 Å². The SMILES string of the molecule is Cc1cncc(-c2ccc3c(n2)N(C(=O)Nc2ccccn2)CCCN3)c1. The Morgan fingerprint density at radius 1 is 1.22 bits per heavy atom. The van der Waals surface area contributed by atoms with E-state index < -0.39 is 0 Å². The van der Waals surface area contributed by atoms with Crippen LogP contribution in [0.1, 0.15) is 12.0 Å². The van der Waals surface area contributed by atoms with Crippen molar-refractivity contribution in [3.05, 3.63) is 60.6 Å². The van der Waals surface area contributed by atoms with Crippen LogP contribution in [0, 0.1) is 6.92 Å². The Morgan fingerprint density at radius 3 is 2.96 bits per heavy atom. The molecule has 3 aromatic heterocycles. The quantitative estimate of drug-likeness (QED) is 0.728. The van der Waals surface area contributed by atoms with Crippen molar-refractivity contribution in [1.82, 2.24) is 15.0 Å². The van der Waals surface area contributed by atoms with E-state index in [0.717, 1.165) is 35.5 Å². The van der Waals surface area contributed by atoms with Crippen molar-refractivity contribution in [2.75, 3.05) is 28.6 Å². The summed E-state index contributed by atoms with van der Waals surface area (Å²) in [6.07, 6.45) is 6.06. The van der Waals surface area contributed by atoms with E-state index in [1.54, 1.807) is 29.6 Å². The summed E-state index contributed by atoms with van der Waals surface area (Å²) in [6.45, 7) is 3.35. The summed E-state index contributed by atoms with van der Waals surface area (Å²) in [6, 6.07) is 11.1. The number of rotatable bonds is 2.